The molecule has 0 radical (unpaired) electrons. The van der Waals surface area contributed by atoms with Gasteiger partial charge in [0.1, 0.15) is 11.9 Å². The van der Waals surface area contributed by atoms with Gasteiger partial charge in [0.15, 0.2) is 11.5 Å². The van der Waals surface area contributed by atoms with Crippen LogP contribution in [-0.4, -0.2) is 24.0 Å². The Labute approximate surface area is 103 Å². The molecule has 1 N–H and O–H groups in total. The number of rotatable bonds is 3. The number of methoxy groups -OCH3 is 1. The molecule has 6 heteroatoms. The molecule has 0 unspecified atom stereocenters. The van der Waals surface area contributed by atoms with Crippen molar-refractivity contribution >= 4 is 28.7 Å². The van der Waals surface area contributed by atoms with Crippen molar-refractivity contribution in [2.45, 2.75) is 13.3 Å². The first-order valence-electron chi connectivity index (χ1n) is 5.32. The molecule has 0 bridgehead atoms. The summed E-state index contributed by atoms with van der Waals surface area (Å²) in [5.41, 5.74) is 1.87. The molecular weight excluding hydrogens is 236 g/mol. The predicted molar refractivity (Wildman–Crippen MR) is 64.0 cm³/mol. The van der Waals surface area contributed by atoms with Crippen LogP contribution in [0.1, 0.15) is 12.3 Å². The highest BCUT2D eigenvalue weighted by Gasteiger charge is 2.10. The highest BCUT2D eigenvalue weighted by molar-refractivity contribution is 6.02. The third-order valence-electron chi connectivity index (χ3n) is 2.31. The Kier molecular flexibility index (Phi) is 3.27. The summed E-state index contributed by atoms with van der Waals surface area (Å²) >= 11 is 0. The Hall–Kier alpha value is -2.37. The van der Waals surface area contributed by atoms with Crippen LogP contribution in [0.2, 0.25) is 0 Å². The number of esters is 1. The summed E-state index contributed by atoms with van der Waals surface area (Å²) in [4.78, 5) is 26.5. The van der Waals surface area contributed by atoms with Gasteiger partial charge in [-0.25, -0.2) is 4.98 Å². The van der Waals surface area contributed by atoms with Crippen LogP contribution in [0.3, 0.4) is 0 Å². The largest absolute Gasteiger partial charge is 0.469 e. The van der Waals surface area contributed by atoms with Gasteiger partial charge >= 0.3 is 5.97 Å². The van der Waals surface area contributed by atoms with Gasteiger partial charge in [0.2, 0.25) is 5.91 Å². The lowest BCUT2D eigenvalue weighted by Gasteiger charge is -2.03. The molecule has 0 spiro atoms. The number of carbonyl (C=O) groups excluding carboxylic acids is 2. The van der Waals surface area contributed by atoms with Crippen LogP contribution < -0.4 is 5.32 Å². The summed E-state index contributed by atoms with van der Waals surface area (Å²) in [5, 5.41) is 2.59. The van der Waals surface area contributed by atoms with E-state index in [1.165, 1.54) is 7.11 Å². The summed E-state index contributed by atoms with van der Waals surface area (Å²) < 4.78 is 9.72. The fraction of sp³-hybridized carbons (Fsp3) is 0.250. The number of fused-ring (bicyclic) bond motifs is 1. The van der Waals surface area contributed by atoms with Crippen molar-refractivity contribution in [1.29, 1.82) is 0 Å². The molecule has 1 aromatic carbocycles. The topological polar surface area (TPSA) is 81.4 Å². The van der Waals surface area contributed by atoms with Crippen LogP contribution in [-0.2, 0) is 14.3 Å². The normalized spacial score (nSPS) is 10.3. The molecule has 1 heterocycles. The summed E-state index contributed by atoms with van der Waals surface area (Å²) in [6.45, 7) is 1.75. The molecule has 0 saturated heterocycles. The average Bonchev–Trinajstić information content (AvgIpc) is 2.68. The second kappa shape index (κ2) is 4.87. The lowest BCUT2D eigenvalue weighted by molar-refractivity contribution is -0.142. The smallest absolute Gasteiger partial charge is 0.315 e. The van der Waals surface area contributed by atoms with Gasteiger partial charge in [-0.2, -0.15) is 0 Å². The Morgan fingerprint density at radius 2 is 2.22 bits per heavy atom. The quantitative estimate of drug-likeness (QED) is 0.659. The van der Waals surface area contributed by atoms with Crippen molar-refractivity contribution in [1.82, 2.24) is 4.98 Å². The summed E-state index contributed by atoms with van der Waals surface area (Å²) in [7, 11) is 1.24. The first-order valence-corrected chi connectivity index (χ1v) is 5.32. The molecule has 0 aliphatic heterocycles. The number of benzene rings is 1. The SMILES string of the molecule is COC(=O)CC(=O)Nc1ccc2oc(C)nc2c1. The number of ether oxygens (including phenoxy) is 1. The van der Waals surface area contributed by atoms with Crippen molar-refractivity contribution in [3.8, 4) is 0 Å². The van der Waals surface area contributed by atoms with E-state index in [9.17, 15) is 9.59 Å². The number of carbonyl (C=O) groups is 2. The summed E-state index contributed by atoms with van der Waals surface area (Å²) in [5.74, 6) is -0.449. The Balaban J connectivity index is 2.11. The highest BCUT2D eigenvalue weighted by atomic mass is 16.5. The molecule has 1 amide bonds. The number of hydrogen-bond donors (Lipinski definition) is 1. The predicted octanol–water partition coefficient (Wildman–Crippen LogP) is 1.64. The maximum absolute atomic E-state index is 11.5. The van der Waals surface area contributed by atoms with Gasteiger partial charge in [0.25, 0.3) is 0 Å². The van der Waals surface area contributed by atoms with E-state index in [1.807, 2.05) is 0 Å². The second-order valence-corrected chi connectivity index (χ2v) is 3.72. The van der Waals surface area contributed by atoms with Crippen LogP contribution in [0.25, 0.3) is 11.1 Å². The van der Waals surface area contributed by atoms with Gasteiger partial charge in [0.05, 0.1) is 7.11 Å². The van der Waals surface area contributed by atoms with E-state index in [0.29, 0.717) is 22.7 Å². The molecule has 0 fully saturated rings. The molecule has 2 aromatic rings. The number of nitrogens with zero attached hydrogens (tertiary/aromatic N) is 1. The Morgan fingerprint density at radius 1 is 1.44 bits per heavy atom. The molecule has 1 aromatic heterocycles. The third kappa shape index (κ3) is 2.65. The van der Waals surface area contributed by atoms with Crippen LogP contribution in [0.4, 0.5) is 5.69 Å². The minimum Gasteiger partial charge on any atom is -0.469 e. The minimum absolute atomic E-state index is 0.313. The van der Waals surface area contributed by atoms with E-state index in [0.717, 1.165) is 0 Å². The molecule has 94 valence electrons. The zero-order valence-electron chi connectivity index (χ0n) is 10.0. The van der Waals surface area contributed by atoms with E-state index in [1.54, 1.807) is 25.1 Å². The standard InChI is InChI=1S/C12H12N2O4/c1-7-13-9-5-8(3-4-10(9)18-7)14-11(15)6-12(16)17-2/h3-5H,6H2,1-2H3,(H,14,15). The number of oxazole rings is 1. The van der Waals surface area contributed by atoms with E-state index in [4.69, 9.17) is 4.42 Å². The van der Waals surface area contributed by atoms with Crippen molar-refractivity contribution in [3.63, 3.8) is 0 Å². The summed E-state index contributed by atoms with van der Waals surface area (Å²) in [6, 6.07) is 5.08. The number of aryl methyl sites for hydroxylation is 1. The molecule has 0 atom stereocenters. The fourth-order valence-corrected chi connectivity index (χ4v) is 1.53. The summed E-state index contributed by atoms with van der Waals surface area (Å²) in [6.07, 6.45) is -0.313. The van der Waals surface area contributed by atoms with E-state index < -0.39 is 11.9 Å². The zero-order valence-corrected chi connectivity index (χ0v) is 10.0. The van der Waals surface area contributed by atoms with Crippen molar-refractivity contribution in [2.75, 3.05) is 12.4 Å². The molecule has 6 nitrogen and oxygen atoms in total. The van der Waals surface area contributed by atoms with E-state index in [-0.39, 0.29) is 6.42 Å². The highest BCUT2D eigenvalue weighted by Crippen LogP contribution is 2.19. The van der Waals surface area contributed by atoms with Gasteiger partial charge < -0.3 is 14.5 Å². The van der Waals surface area contributed by atoms with Gasteiger partial charge in [-0.15, -0.1) is 0 Å². The molecule has 18 heavy (non-hydrogen) atoms. The first kappa shape index (κ1) is 12.1. The van der Waals surface area contributed by atoms with Gasteiger partial charge in [-0.3, -0.25) is 9.59 Å². The van der Waals surface area contributed by atoms with Crippen LogP contribution >= 0.6 is 0 Å². The lowest BCUT2D eigenvalue weighted by Crippen LogP contribution is -2.17. The maximum Gasteiger partial charge on any atom is 0.315 e. The molecule has 2 rings (SSSR count). The maximum atomic E-state index is 11.5. The number of hydrogen-bond acceptors (Lipinski definition) is 5. The Bertz CT molecular complexity index is 603. The number of anilines is 1. The average molecular weight is 248 g/mol. The van der Waals surface area contributed by atoms with Crippen molar-refractivity contribution in [2.24, 2.45) is 0 Å². The van der Waals surface area contributed by atoms with Gasteiger partial charge in [-0.1, -0.05) is 0 Å². The number of aromatic nitrogens is 1. The number of amides is 1. The van der Waals surface area contributed by atoms with Crippen LogP contribution in [0.15, 0.2) is 22.6 Å². The molecule has 0 aliphatic carbocycles. The number of nitrogens with one attached hydrogen (secondary N) is 1. The molecule has 0 saturated carbocycles. The van der Waals surface area contributed by atoms with Crippen molar-refractivity contribution < 1.29 is 18.7 Å². The fourth-order valence-electron chi connectivity index (χ4n) is 1.53. The van der Waals surface area contributed by atoms with Gasteiger partial charge in [0, 0.05) is 12.6 Å². The third-order valence-corrected chi connectivity index (χ3v) is 2.31. The lowest BCUT2D eigenvalue weighted by atomic mass is 10.2. The van der Waals surface area contributed by atoms with E-state index in [2.05, 4.69) is 15.0 Å². The van der Waals surface area contributed by atoms with E-state index >= 15 is 0 Å². The first-order chi connectivity index (χ1) is 8.58. The second-order valence-electron chi connectivity index (χ2n) is 3.72. The van der Waals surface area contributed by atoms with Crippen LogP contribution in [0, 0.1) is 6.92 Å². The van der Waals surface area contributed by atoms with Gasteiger partial charge in [-0.05, 0) is 18.2 Å². The minimum atomic E-state index is -0.578. The monoisotopic (exact) mass is 248 g/mol. The molecule has 0 aliphatic rings. The van der Waals surface area contributed by atoms with Crippen LogP contribution in [0.5, 0.6) is 0 Å². The zero-order chi connectivity index (χ0) is 13.1. The van der Waals surface area contributed by atoms with Crippen molar-refractivity contribution in [3.05, 3.63) is 24.1 Å². The Morgan fingerprint density at radius 3 is 2.94 bits per heavy atom. The molecular formula is C12H12N2O4.